The summed E-state index contributed by atoms with van der Waals surface area (Å²) < 4.78 is 10.7. The second-order valence-electron chi connectivity index (χ2n) is 10.1. The summed E-state index contributed by atoms with van der Waals surface area (Å²) in [5, 5.41) is 8.49. The smallest absolute Gasteiger partial charge is 0.272 e. The molecule has 0 spiro atoms. The van der Waals surface area contributed by atoms with Crippen molar-refractivity contribution in [2.24, 2.45) is 0 Å². The van der Waals surface area contributed by atoms with Gasteiger partial charge in [0, 0.05) is 21.8 Å². The Bertz CT molecular complexity index is 1620. The van der Waals surface area contributed by atoms with E-state index in [1.807, 2.05) is 42.5 Å². The van der Waals surface area contributed by atoms with Crippen LogP contribution in [-0.2, 0) is 9.59 Å². The maximum Gasteiger partial charge on any atom is 0.272 e. The van der Waals surface area contributed by atoms with Crippen molar-refractivity contribution >= 4 is 46.9 Å². The number of anilines is 2. The molecule has 226 valence electrons. The predicted molar refractivity (Wildman–Crippen MR) is 176 cm³/mol. The predicted octanol–water partition coefficient (Wildman–Crippen LogP) is 6.97. The van der Waals surface area contributed by atoms with Crippen LogP contribution in [0.1, 0.15) is 41.3 Å². The van der Waals surface area contributed by atoms with E-state index in [2.05, 4.69) is 29.8 Å². The highest BCUT2D eigenvalue weighted by atomic mass is 32.2. The molecular formula is C35H35N3O5S. The number of ether oxygens (including phenoxy) is 2. The topological polar surface area (TPSA) is 106 Å². The lowest BCUT2D eigenvalue weighted by Gasteiger charge is -2.13. The molecule has 0 aromatic heterocycles. The Morgan fingerprint density at radius 3 is 2.05 bits per heavy atom. The van der Waals surface area contributed by atoms with E-state index in [0.29, 0.717) is 34.2 Å². The maximum absolute atomic E-state index is 13.4. The van der Waals surface area contributed by atoms with Gasteiger partial charge in [0.15, 0.2) is 11.5 Å². The summed E-state index contributed by atoms with van der Waals surface area (Å²) in [6.45, 7) is 4.25. The number of methoxy groups -OCH3 is 2. The Morgan fingerprint density at radius 1 is 0.773 bits per heavy atom. The molecule has 3 N–H and O–H groups in total. The van der Waals surface area contributed by atoms with E-state index in [4.69, 9.17) is 9.47 Å². The van der Waals surface area contributed by atoms with Gasteiger partial charge in [-0.3, -0.25) is 14.4 Å². The van der Waals surface area contributed by atoms with Gasteiger partial charge < -0.3 is 25.4 Å². The highest BCUT2D eigenvalue weighted by molar-refractivity contribution is 8.00. The summed E-state index contributed by atoms with van der Waals surface area (Å²) in [5.41, 5.74) is 3.59. The number of benzene rings is 4. The van der Waals surface area contributed by atoms with Crippen LogP contribution in [0, 0.1) is 0 Å². The van der Waals surface area contributed by atoms with Crippen LogP contribution < -0.4 is 25.4 Å². The highest BCUT2D eigenvalue weighted by Crippen LogP contribution is 2.28. The third kappa shape index (κ3) is 8.99. The van der Waals surface area contributed by atoms with Crippen LogP contribution in [0.4, 0.5) is 11.4 Å². The molecule has 44 heavy (non-hydrogen) atoms. The third-order valence-electron chi connectivity index (χ3n) is 6.59. The van der Waals surface area contributed by atoms with Crippen molar-refractivity contribution in [3.8, 4) is 11.5 Å². The number of amides is 3. The molecule has 4 rings (SSSR count). The van der Waals surface area contributed by atoms with E-state index in [9.17, 15) is 14.4 Å². The van der Waals surface area contributed by atoms with E-state index in [-0.39, 0.29) is 17.4 Å². The van der Waals surface area contributed by atoms with Crippen molar-refractivity contribution in [1.29, 1.82) is 0 Å². The molecule has 0 atom stereocenters. The Morgan fingerprint density at radius 2 is 1.41 bits per heavy atom. The van der Waals surface area contributed by atoms with E-state index in [1.54, 1.807) is 60.7 Å². The summed E-state index contributed by atoms with van der Waals surface area (Å²) in [4.78, 5) is 39.7. The quantitative estimate of drug-likeness (QED) is 0.118. The zero-order chi connectivity index (χ0) is 31.5. The fraction of sp³-hybridized carbons (Fsp3) is 0.171. The van der Waals surface area contributed by atoms with Crippen LogP contribution in [0.15, 0.2) is 108 Å². The molecule has 0 aliphatic heterocycles. The van der Waals surface area contributed by atoms with Gasteiger partial charge in [-0.1, -0.05) is 50.2 Å². The molecule has 0 aliphatic rings. The van der Waals surface area contributed by atoms with Gasteiger partial charge in [-0.2, -0.15) is 0 Å². The normalized spacial score (nSPS) is 11.1. The zero-order valence-corrected chi connectivity index (χ0v) is 25.9. The minimum Gasteiger partial charge on any atom is -0.493 e. The minimum atomic E-state index is -0.507. The number of carbonyl (C=O) groups excluding carboxylic acids is 3. The largest absolute Gasteiger partial charge is 0.493 e. The van der Waals surface area contributed by atoms with Crippen molar-refractivity contribution in [2.75, 3.05) is 30.6 Å². The fourth-order valence-corrected chi connectivity index (χ4v) is 4.88. The Hall–Kier alpha value is -5.02. The first-order chi connectivity index (χ1) is 21.2. The van der Waals surface area contributed by atoms with E-state index in [1.165, 1.54) is 31.5 Å². The highest BCUT2D eigenvalue weighted by Gasteiger charge is 2.16. The van der Waals surface area contributed by atoms with Crippen molar-refractivity contribution in [1.82, 2.24) is 5.32 Å². The van der Waals surface area contributed by atoms with Gasteiger partial charge in [0.2, 0.25) is 5.91 Å². The zero-order valence-electron chi connectivity index (χ0n) is 25.0. The molecule has 4 aromatic carbocycles. The molecule has 0 saturated carbocycles. The van der Waals surface area contributed by atoms with Gasteiger partial charge in [0.1, 0.15) is 5.70 Å². The first-order valence-corrected chi connectivity index (χ1v) is 15.0. The standard InChI is InChI=1S/C35H35N3O5S/c1-23(2)25-11-13-27(14-12-25)36-33(39)22-44-29-17-15-28(16-18-29)37-35(41)30(38-34(40)26-8-6-5-7-9-26)20-24-10-19-31(42-3)32(21-24)43-4/h5-21,23H,22H2,1-4H3,(H,36,39)(H,37,41)(H,38,40)/b30-20-. The molecule has 0 fully saturated rings. The average Bonchev–Trinajstić information content (AvgIpc) is 3.04. The first kappa shape index (κ1) is 31.9. The van der Waals surface area contributed by atoms with Crippen LogP contribution in [0.3, 0.4) is 0 Å². The van der Waals surface area contributed by atoms with Gasteiger partial charge >= 0.3 is 0 Å². The molecule has 0 aliphatic carbocycles. The Balaban J connectivity index is 1.42. The molecule has 3 amide bonds. The van der Waals surface area contributed by atoms with Gasteiger partial charge in [0.05, 0.1) is 20.0 Å². The summed E-state index contributed by atoms with van der Waals surface area (Å²) in [7, 11) is 3.06. The molecular weight excluding hydrogens is 574 g/mol. The third-order valence-corrected chi connectivity index (χ3v) is 7.60. The van der Waals surface area contributed by atoms with Crippen LogP contribution >= 0.6 is 11.8 Å². The fourth-order valence-electron chi connectivity index (χ4n) is 4.18. The number of carbonyl (C=O) groups is 3. The van der Waals surface area contributed by atoms with Crippen molar-refractivity contribution in [3.63, 3.8) is 0 Å². The summed E-state index contributed by atoms with van der Waals surface area (Å²) in [5.74, 6) is 0.656. The number of nitrogens with one attached hydrogen (secondary N) is 3. The van der Waals surface area contributed by atoms with Crippen LogP contribution in [-0.4, -0.2) is 37.7 Å². The van der Waals surface area contributed by atoms with Crippen LogP contribution in [0.25, 0.3) is 6.08 Å². The monoisotopic (exact) mass is 609 g/mol. The summed E-state index contributed by atoms with van der Waals surface area (Å²) >= 11 is 1.39. The first-order valence-electron chi connectivity index (χ1n) is 14.0. The van der Waals surface area contributed by atoms with Gasteiger partial charge in [-0.25, -0.2) is 0 Å². The van der Waals surface area contributed by atoms with Crippen molar-refractivity contribution < 1.29 is 23.9 Å². The molecule has 0 radical (unpaired) electrons. The molecule has 9 heteroatoms. The Labute approximate surface area is 261 Å². The lowest BCUT2D eigenvalue weighted by molar-refractivity contribution is -0.114. The van der Waals surface area contributed by atoms with Crippen LogP contribution in [0.2, 0.25) is 0 Å². The van der Waals surface area contributed by atoms with Crippen molar-refractivity contribution in [2.45, 2.75) is 24.7 Å². The van der Waals surface area contributed by atoms with E-state index >= 15 is 0 Å². The lowest BCUT2D eigenvalue weighted by Crippen LogP contribution is -2.30. The van der Waals surface area contributed by atoms with Crippen molar-refractivity contribution in [3.05, 3.63) is 119 Å². The summed E-state index contributed by atoms with van der Waals surface area (Å²) in [6.07, 6.45) is 1.57. The average molecular weight is 610 g/mol. The Kier molecular flexibility index (Phi) is 11.2. The van der Waals surface area contributed by atoms with Gasteiger partial charge in [-0.05, 0) is 83.8 Å². The molecule has 0 heterocycles. The number of hydrogen-bond acceptors (Lipinski definition) is 6. The van der Waals surface area contributed by atoms with Crippen LogP contribution in [0.5, 0.6) is 11.5 Å². The molecule has 0 saturated heterocycles. The number of rotatable bonds is 12. The van der Waals surface area contributed by atoms with E-state index in [0.717, 1.165) is 10.6 Å². The number of thioether (sulfide) groups is 1. The second-order valence-corrected chi connectivity index (χ2v) is 11.1. The molecule has 0 bridgehead atoms. The number of hydrogen-bond donors (Lipinski definition) is 3. The SMILES string of the molecule is COc1ccc(/C=C(\NC(=O)c2ccccc2)C(=O)Nc2ccc(SCC(=O)Nc3ccc(C(C)C)cc3)cc2)cc1OC. The summed E-state index contributed by atoms with van der Waals surface area (Å²) in [6, 6.07) is 28.8. The lowest BCUT2D eigenvalue weighted by atomic mass is 10.0. The molecule has 8 nitrogen and oxygen atoms in total. The second kappa shape index (κ2) is 15.5. The molecule has 4 aromatic rings. The van der Waals surface area contributed by atoms with E-state index < -0.39 is 11.8 Å². The maximum atomic E-state index is 13.4. The minimum absolute atomic E-state index is 0.0441. The van der Waals surface area contributed by atoms with Gasteiger partial charge in [-0.15, -0.1) is 11.8 Å². The molecule has 0 unspecified atom stereocenters. The van der Waals surface area contributed by atoms with Gasteiger partial charge in [0.25, 0.3) is 11.8 Å².